The third-order valence-electron chi connectivity index (χ3n) is 0.858. The van der Waals surface area contributed by atoms with Crippen LogP contribution in [0.1, 0.15) is 13.3 Å². The molecule has 1 unspecified atom stereocenters. The van der Waals surface area contributed by atoms with Crippen molar-refractivity contribution in [1.82, 2.24) is 0 Å². The van der Waals surface area contributed by atoms with Gasteiger partial charge in [0.05, 0.1) is 0 Å². The standard InChI is InChI=1S/C5H10B.CH3.Y/c1-4-5(2)6-3;;/h5H,1,3-4H2,2H3;1H3;/q-2;-1;+3. The summed E-state index contributed by atoms with van der Waals surface area (Å²) in [6, 6.07) is 0. The normalized spacial score (nSPS) is 10.4. The molecule has 0 N–H and O–H groups in total. The van der Waals surface area contributed by atoms with Crippen LogP contribution in [0, 0.1) is 21.2 Å². The zero-order chi connectivity index (χ0) is 4.99. The van der Waals surface area contributed by atoms with Crippen LogP contribution >= 0.6 is 0 Å². The van der Waals surface area contributed by atoms with Crippen LogP contribution in [0.5, 0.6) is 0 Å². The van der Waals surface area contributed by atoms with Gasteiger partial charge in [-0.25, -0.2) is 0 Å². The zero-order valence-electron chi connectivity index (χ0n) is 5.85. The second-order valence-electron chi connectivity index (χ2n) is 1.50. The third kappa shape index (κ3) is 10.2. The molecule has 0 saturated carbocycles. The smallest absolute Gasteiger partial charge is 0.373 e. The third-order valence-corrected chi connectivity index (χ3v) is 0.858. The van der Waals surface area contributed by atoms with Crippen molar-refractivity contribution in [3.05, 3.63) is 21.2 Å². The van der Waals surface area contributed by atoms with E-state index >= 15 is 0 Å². The van der Waals surface area contributed by atoms with Crippen molar-refractivity contribution >= 4 is 7.28 Å². The van der Waals surface area contributed by atoms with E-state index < -0.39 is 0 Å². The molecule has 0 aliphatic carbocycles. The average Bonchev–Trinajstić information content (AvgIpc) is 1.65. The molecule has 0 aromatic carbocycles. The molecule has 0 aliphatic heterocycles. The van der Waals surface area contributed by atoms with Crippen LogP contribution in [0.3, 0.4) is 0 Å². The summed E-state index contributed by atoms with van der Waals surface area (Å²) in [6.07, 6.45) is 0.962. The molecule has 0 heterocycles. The van der Waals surface area contributed by atoms with Gasteiger partial charge in [-0.2, -0.15) is 6.42 Å². The van der Waals surface area contributed by atoms with E-state index in [0.29, 0.717) is 5.82 Å². The molecule has 1 atom stereocenters. The van der Waals surface area contributed by atoms with Gasteiger partial charge >= 0.3 is 32.7 Å². The van der Waals surface area contributed by atoms with Gasteiger partial charge in [-0.15, -0.1) is 5.82 Å². The Kier molecular flexibility index (Phi) is 22.2. The fraction of sp³-hybridized carbons (Fsp3) is 0.500. The van der Waals surface area contributed by atoms with Crippen molar-refractivity contribution in [2.45, 2.75) is 19.2 Å². The first-order valence-electron chi connectivity index (χ1n) is 2.23. The number of hydrogen-bond acceptors (Lipinski definition) is 0. The molecule has 0 aromatic rings. The summed E-state index contributed by atoms with van der Waals surface area (Å²) in [5.41, 5.74) is 0. The molecule has 0 nitrogen and oxygen atoms in total. The molecule has 0 rings (SSSR count). The molecule has 0 saturated heterocycles. The summed E-state index contributed by atoms with van der Waals surface area (Å²) >= 11 is 0. The quantitative estimate of drug-likeness (QED) is 0.455. The zero-order valence-corrected chi connectivity index (χ0v) is 8.69. The van der Waals surface area contributed by atoms with Crippen LogP contribution in [0.4, 0.5) is 0 Å². The molecule has 8 heavy (non-hydrogen) atoms. The molecule has 0 aliphatic rings. The molecule has 0 aromatic heterocycles. The summed E-state index contributed by atoms with van der Waals surface area (Å²) in [6.45, 7) is 9.37. The van der Waals surface area contributed by atoms with Crippen LogP contribution in [-0.2, 0) is 32.7 Å². The van der Waals surface area contributed by atoms with E-state index in [2.05, 4.69) is 20.7 Å². The monoisotopic (exact) mass is 185 g/mol. The Hall–Kier alpha value is 1.17. The van der Waals surface area contributed by atoms with Crippen LogP contribution in [-0.4, -0.2) is 7.28 Å². The SMILES string of the molecule is [CH2-][B]C(C)C[CH2-].[CH3-].[Y+3]. The second kappa shape index (κ2) is 11.0. The average molecular weight is 185 g/mol. The van der Waals surface area contributed by atoms with Crippen molar-refractivity contribution in [3.63, 3.8) is 0 Å². The Labute approximate surface area is 79.9 Å². The van der Waals surface area contributed by atoms with E-state index in [-0.39, 0.29) is 40.1 Å². The van der Waals surface area contributed by atoms with Gasteiger partial charge < -0.3 is 21.2 Å². The van der Waals surface area contributed by atoms with Crippen LogP contribution in [0.25, 0.3) is 0 Å². The minimum absolute atomic E-state index is 0. The van der Waals surface area contributed by atoms with Gasteiger partial charge in [0.15, 0.2) is 0 Å². The van der Waals surface area contributed by atoms with Crippen molar-refractivity contribution in [3.8, 4) is 0 Å². The molecular weight excluding hydrogens is 172 g/mol. The first kappa shape index (κ1) is 16.1. The minimum atomic E-state index is 0. The predicted molar refractivity (Wildman–Crippen MR) is 36.9 cm³/mol. The van der Waals surface area contributed by atoms with Crippen molar-refractivity contribution in [2.75, 3.05) is 0 Å². The number of hydrogen-bond donors (Lipinski definition) is 0. The summed E-state index contributed by atoms with van der Waals surface area (Å²) in [7, 11) is 1.91. The van der Waals surface area contributed by atoms with Crippen LogP contribution < -0.4 is 0 Å². The Morgan fingerprint density at radius 1 is 1.62 bits per heavy atom. The molecule has 0 amide bonds. The molecular formula is C6H13BY. The van der Waals surface area contributed by atoms with E-state index in [1.807, 2.05) is 7.28 Å². The Morgan fingerprint density at radius 2 is 2.00 bits per heavy atom. The summed E-state index contributed by atoms with van der Waals surface area (Å²) in [5, 5.41) is 0. The van der Waals surface area contributed by atoms with Gasteiger partial charge in [0.1, 0.15) is 0 Å². The van der Waals surface area contributed by atoms with Crippen molar-refractivity contribution < 1.29 is 32.7 Å². The van der Waals surface area contributed by atoms with Gasteiger partial charge in [-0.05, 0) is 0 Å². The van der Waals surface area contributed by atoms with Crippen LogP contribution in [0.15, 0.2) is 0 Å². The van der Waals surface area contributed by atoms with E-state index in [0.717, 1.165) is 6.42 Å². The topological polar surface area (TPSA) is 0 Å². The van der Waals surface area contributed by atoms with Gasteiger partial charge in [-0.1, -0.05) is 14.2 Å². The number of rotatable bonds is 2. The largest absolute Gasteiger partial charge is 3.00 e. The molecule has 1 radical (unpaired) electrons. The van der Waals surface area contributed by atoms with Gasteiger partial charge in [0.25, 0.3) is 0 Å². The van der Waals surface area contributed by atoms with E-state index in [4.69, 9.17) is 0 Å². The van der Waals surface area contributed by atoms with Crippen molar-refractivity contribution in [1.29, 1.82) is 0 Å². The Bertz CT molecular complexity index is 27.7. The van der Waals surface area contributed by atoms with Crippen molar-refractivity contribution in [2.24, 2.45) is 0 Å². The first-order chi connectivity index (χ1) is 2.81. The fourth-order valence-corrected chi connectivity index (χ4v) is 0.118. The minimum Gasteiger partial charge on any atom is -0.373 e. The molecule has 43 valence electrons. The Balaban J connectivity index is -0.000000125. The summed E-state index contributed by atoms with van der Waals surface area (Å²) in [4.78, 5) is 0. The van der Waals surface area contributed by atoms with E-state index in [1.54, 1.807) is 0 Å². The van der Waals surface area contributed by atoms with Crippen LogP contribution in [0.2, 0.25) is 5.82 Å². The predicted octanol–water partition coefficient (Wildman–Crippen LogP) is 1.96. The second-order valence-corrected chi connectivity index (χ2v) is 1.50. The van der Waals surface area contributed by atoms with E-state index in [9.17, 15) is 0 Å². The summed E-state index contributed by atoms with van der Waals surface area (Å²) < 4.78 is 0. The molecule has 0 fully saturated rings. The molecule has 0 bridgehead atoms. The maximum Gasteiger partial charge on any atom is 3.00 e. The Morgan fingerprint density at radius 3 is 2.00 bits per heavy atom. The van der Waals surface area contributed by atoms with Gasteiger partial charge in [-0.3, -0.25) is 0 Å². The maximum atomic E-state index is 3.69. The first-order valence-corrected chi connectivity index (χ1v) is 2.23. The summed E-state index contributed by atoms with van der Waals surface area (Å²) in [5.74, 6) is 0.588. The maximum absolute atomic E-state index is 3.69. The van der Waals surface area contributed by atoms with Gasteiger partial charge in [0, 0.05) is 0 Å². The van der Waals surface area contributed by atoms with Gasteiger partial charge in [0.2, 0.25) is 0 Å². The fourth-order valence-electron chi connectivity index (χ4n) is 0.118. The molecule has 2 heteroatoms. The molecule has 0 spiro atoms. The van der Waals surface area contributed by atoms with E-state index in [1.165, 1.54) is 0 Å².